The molecule has 172 valence electrons. The molecule has 0 saturated carbocycles. The van der Waals surface area contributed by atoms with E-state index in [1.54, 1.807) is 42.9 Å². The summed E-state index contributed by atoms with van der Waals surface area (Å²) in [5, 5.41) is 0. The molecular weight excluding hydrogens is 436 g/mol. The molecule has 1 aromatic carbocycles. The number of rotatable bonds is 5. The van der Waals surface area contributed by atoms with E-state index >= 15 is 0 Å². The number of aromatic nitrogens is 3. The molecule has 1 aliphatic heterocycles. The van der Waals surface area contributed by atoms with E-state index in [0.717, 1.165) is 0 Å². The number of hydrogen-bond acceptors (Lipinski definition) is 4. The van der Waals surface area contributed by atoms with E-state index in [1.165, 1.54) is 11.0 Å². The van der Waals surface area contributed by atoms with Gasteiger partial charge in [-0.15, -0.1) is 0 Å². The van der Waals surface area contributed by atoms with Crippen molar-refractivity contribution in [1.29, 1.82) is 0 Å². The lowest BCUT2D eigenvalue weighted by Gasteiger charge is -2.33. The highest BCUT2D eigenvalue weighted by atomic mass is 19.4. The first-order valence-electron chi connectivity index (χ1n) is 10.7. The van der Waals surface area contributed by atoms with Crippen molar-refractivity contribution in [1.82, 2.24) is 19.9 Å². The molecule has 1 amide bonds. The predicted octanol–water partition coefficient (Wildman–Crippen LogP) is 5.39. The van der Waals surface area contributed by atoms with Crippen LogP contribution in [0.15, 0.2) is 55.0 Å². The molecule has 0 spiro atoms. The second-order valence-electron chi connectivity index (χ2n) is 8.01. The van der Waals surface area contributed by atoms with Crippen LogP contribution < -0.4 is 0 Å². The average Bonchev–Trinajstić information content (AvgIpc) is 2.83. The summed E-state index contributed by atoms with van der Waals surface area (Å²) in [6.45, 7) is 0.615. The molecule has 33 heavy (non-hydrogen) atoms. The minimum Gasteiger partial charge on any atom is -0.342 e. The van der Waals surface area contributed by atoms with E-state index in [9.17, 15) is 22.4 Å². The maximum atomic E-state index is 14.6. The zero-order valence-corrected chi connectivity index (χ0v) is 17.7. The Morgan fingerprint density at radius 1 is 1.09 bits per heavy atom. The number of piperidine rings is 1. The van der Waals surface area contributed by atoms with E-state index in [4.69, 9.17) is 4.98 Å². The monoisotopic (exact) mass is 458 g/mol. The van der Waals surface area contributed by atoms with Gasteiger partial charge in [-0.2, -0.15) is 13.2 Å². The first-order valence-corrected chi connectivity index (χ1v) is 10.7. The SMILES string of the molecule is O=C(CCC(F)(F)F)N1CCCC(c2nc(-c3cccnc3)ncc2-c2ccccc2F)C1. The highest BCUT2D eigenvalue weighted by molar-refractivity contribution is 5.76. The third kappa shape index (κ3) is 5.53. The van der Waals surface area contributed by atoms with Gasteiger partial charge in [0.25, 0.3) is 0 Å². The van der Waals surface area contributed by atoms with Gasteiger partial charge in [-0.1, -0.05) is 18.2 Å². The van der Waals surface area contributed by atoms with E-state index in [-0.39, 0.29) is 12.5 Å². The molecule has 1 atom stereocenters. The molecule has 0 radical (unpaired) electrons. The van der Waals surface area contributed by atoms with Gasteiger partial charge in [0.05, 0.1) is 12.1 Å². The molecule has 5 nitrogen and oxygen atoms in total. The number of halogens is 4. The van der Waals surface area contributed by atoms with Crippen LogP contribution in [0.5, 0.6) is 0 Å². The number of alkyl halides is 3. The van der Waals surface area contributed by atoms with Crippen LogP contribution in [0.25, 0.3) is 22.5 Å². The Labute approximate surface area is 188 Å². The number of hydrogen-bond donors (Lipinski definition) is 0. The summed E-state index contributed by atoms with van der Waals surface area (Å²) in [6.07, 6.45) is -0.00630. The molecule has 3 heterocycles. The van der Waals surface area contributed by atoms with Gasteiger partial charge >= 0.3 is 6.18 Å². The summed E-state index contributed by atoms with van der Waals surface area (Å²) in [5.41, 5.74) is 2.11. The van der Waals surface area contributed by atoms with Crippen molar-refractivity contribution < 1.29 is 22.4 Å². The van der Waals surface area contributed by atoms with E-state index < -0.39 is 30.7 Å². The van der Waals surface area contributed by atoms with Crippen molar-refractivity contribution in [3.8, 4) is 22.5 Å². The largest absolute Gasteiger partial charge is 0.389 e. The third-order valence-electron chi connectivity index (χ3n) is 5.69. The minimum atomic E-state index is -4.38. The van der Waals surface area contributed by atoms with Gasteiger partial charge in [0.1, 0.15) is 5.82 Å². The van der Waals surface area contributed by atoms with Crippen molar-refractivity contribution in [2.24, 2.45) is 0 Å². The van der Waals surface area contributed by atoms with Gasteiger partial charge in [-0.3, -0.25) is 9.78 Å². The van der Waals surface area contributed by atoms with Gasteiger partial charge in [0.2, 0.25) is 5.91 Å². The quantitative estimate of drug-likeness (QED) is 0.481. The first kappa shape index (κ1) is 22.8. The number of pyridine rings is 1. The van der Waals surface area contributed by atoms with Gasteiger partial charge in [0, 0.05) is 60.7 Å². The number of carbonyl (C=O) groups is 1. The standard InChI is InChI=1S/C24H22F4N4O/c25-20-8-2-1-7-18(20)19-14-30-23(16-5-3-11-29-13-16)31-22(19)17-6-4-12-32(15-17)21(33)9-10-24(26,27)28/h1-3,5,7-8,11,13-14,17H,4,6,9-10,12,15H2. The highest BCUT2D eigenvalue weighted by Crippen LogP contribution is 2.35. The summed E-state index contributed by atoms with van der Waals surface area (Å²) in [4.78, 5) is 27.1. The summed E-state index contributed by atoms with van der Waals surface area (Å²) in [5.74, 6) is -0.809. The van der Waals surface area contributed by atoms with Crippen LogP contribution in [-0.2, 0) is 4.79 Å². The van der Waals surface area contributed by atoms with Crippen molar-refractivity contribution >= 4 is 5.91 Å². The summed E-state index contributed by atoms with van der Waals surface area (Å²) in [6, 6.07) is 9.85. The molecule has 1 saturated heterocycles. The summed E-state index contributed by atoms with van der Waals surface area (Å²) >= 11 is 0. The normalized spacial score (nSPS) is 16.6. The fraction of sp³-hybridized carbons (Fsp3) is 0.333. The van der Waals surface area contributed by atoms with E-state index in [2.05, 4.69) is 9.97 Å². The lowest BCUT2D eigenvalue weighted by Crippen LogP contribution is -2.39. The maximum absolute atomic E-state index is 14.6. The Bertz CT molecular complexity index is 1120. The molecule has 0 N–H and O–H groups in total. The average molecular weight is 458 g/mol. The van der Waals surface area contributed by atoms with Gasteiger partial charge in [-0.05, 0) is 31.0 Å². The number of carbonyl (C=O) groups excluding carboxylic acids is 1. The molecule has 1 unspecified atom stereocenters. The fourth-order valence-electron chi connectivity index (χ4n) is 4.06. The van der Waals surface area contributed by atoms with Crippen molar-refractivity contribution in [2.75, 3.05) is 13.1 Å². The van der Waals surface area contributed by atoms with E-state index in [0.29, 0.717) is 47.6 Å². The number of amides is 1. The zero-order valence-electron chi connectivity index (χ0n) is 17.7. The Hall–Kier alpha value is -3.36. The van der Waals surface area contributed by atoms with Gasteiger partial charge < -0.3 is 4.90 Å². The highest BCUT2D eigenvalue weighted by Gasteiger charge is 2.32. The molecule has 1 aliphatic rings. The zero-order chi connectivity index (χ0) is 23.4. The van der Waals surface area contributed by atoms with Gasteiger partial charge in [-0.25, -0.2) is 14.4 Å². The van der Waals surface area contributed by atoms with Crippen LogP contribution >= 0.6 is 0 Å². The van der Waals surface area contributed by atoms with Crippen LogP contribution in [-0.4, -0.2) is 45.0 Å². The Balaban J connectivity index is 1.68. The van der Waals surface area contributed by atoms with Crippen LogP contribution in [0, 0.1) is 5.82 Å². The first-order chi connectivity index (χ1) is 15.8. The van der Waals surface area contributed by atoms with Crippen molar-refractivity contribution in [3.05, 3.63) is 66.5 Å². The smallest absolute Gasteiger partial charge is 0.342 e. The number of benzene rings is 1. The topological polar surface area (TPSA) is 59.0 Å². The van der Waals surface area contributed by atoms with Crippen molar-refractivity contribution in [3.63, 3.8) is 0 Å². The molecule has 1 fully saturated rings. The Morgan fingerprint density at radius 3 is 2.64 bits per heavy atom. The lowest BCUT2D eigenvalue weighted by atomic mass is 9.89. The minimum absolute atomic E-state index is 0.224. The Kier molecular flexibility index (Phi) is 6.67. The van der Waals surface area contributed by atoms with Crippen LogP contribution in [0.1, 0.15) is 37.3 Å². The van der Waals surface area contributed by atoms with Crippen LogP contribution in [0.4, 0.5) is 17.6 Å². The lowest BCUT2D eigenvalue weighted by molar-refractivity contribution is -0.149. The third-order valence-corrected chi connectivity index (χ3v) is 5.69. The molecule has 0 bridgehead atoms. The molecule has 3 aromatic rings. The number of nitrogens with zero attached hydrogens (tertiary/aromatic N) is 4. The van der Waals surface area contributed by atoms with Crippen LogP contribution in [0.2, 0.25) is 0 Å². The molecule has 4 rings (SSSR count). The summed E-state index contributed by atoms with van der Waals surface area (Å²) < 4.78 is 52.4. The van der Waals surface area contributed by atoms with E-state index in [1.807, 2.05) is 6.07 Å². The second-order valence-corrected chi connectivity index (χ2v) is 8.01. The molecule has 9 heteroatoms. The fourth-order valence-corrected chi connectivity index (χ4v) is 4.06. The van der Waals surface area contributed by atoms with Crippen LogP contribution in [0.3, 0.4) is 0 Å². The second kappa shape index (κ2) is 9.64. The van der Waals surface area contributed by atoms with Gasteiger partial charge in [0.15, 0.2) is 5.82 Å². The number of likely N-dealkylation sites (tertiary alicyclic amines) is 1. The molecule has 0 aliphatic carbocycles. The molecule has 2 aromatic heterocycles. The Morgan fingerprint density at radius 2 is 1.91 bits per heavy atom. The summed E-state index contributed by atoms with van der Waals surface area (Å²) in [7, 11) is 0. The molecular formula is C24H22F4N4O. The van der Waals surface area contributed by atoms with Crippen molar-refractivity contribution in [2.45, 2.75) is 37.8 Å². The predicted molar refractivity (Wildman–Crippen MR) is 115 cm³/mol. The maximum Gasteiger partial charge on any atom is 0.389 e.